The standard InChI is InChI=1S/C19H20F3NO3/c1-26-18(25)15-9-12-5-2-3-7-14(12)16(17(15)24)11-23-8-4-6-13(10-23)19(20,21)22/h2-3,5,7,9,13,24H,4,6,8,10-11H2,1H3/t13-/m1/s1. The van der Waals surface area contributed by atoms with E-state index >= 15 is 0 Å². The Balaban J connectivity index is 1.98. The predicted octanol–water partition coefficient (Wildman–Crippen LogP) is 4.11. The molecule has 26 heavy (non-hydrogen) atoms. The number of carbonyl (C=O) groups is 1. The summed E-state index contributed by atoms with van der Waals surface area (Å²) in [5.74, 6) is -2.28. The van der Waals surface area contributed by atoms with Crippen molar-refractivity contribution in [2.24, 2.45) is 5.92 Å². The normalized spacial score (nSPS) is 18.8. The first-order chi connectivity index (χ1) is 12.3. The van der Waals surface area contributed by atoms with Crippen LogP contribution in [0, 0.1) is 5.92 Å². The average Bonchev–Trinajstić information content (AvgIpc) is 2.62. The van der Waals surface area contributed by atoms with E-state index in [0.29, 0.717) is 23.9 Å². The summed E-state index contributed by atoms with van der Waals surface area (Å²) in [4.78, 5) is 13.6. The molecule has 0 amide bonds. The highest BCUT2D eigenvalue weighted by Gasteiger charge is 2.41. The molecule has 0 saturated carbocycles. The number of rotatable bonds is 3. The van der Waals surface area contributed by atoms with Gasteiger partial charge < -0.3 is 9.84 Å². The predicted molar refractivity (Wildman–Crippen MR) is 91.0 cm³/mol. The van der Waals surface area contributed by atoms with Crippen molar-refractivity contribution in [3.05, 3.63) is 41.5 Å². The van der Waals surface area contributed by atoms with Crippen LogP contribution < -0.4 is 0 Å². The van der Waals surface area contributed by atoms with Crippen LogP contribution in [0.4, 0.5) is 13.2 Å². The lowest BCUT2D eigenvalue weighted by molar-refractivity contribution is -0.187. The first-order valence-corrected chi connectivity index (χ1v) is 8.42. The maximum absolute atomic E-state index is 13.1. The maximum atomic E-state index is 13.1. The smallest absolute Gasteiger partial charge is 0.393 e. The minimum absolute atomic E-state index is 0.0191. The molecule has 1 atom stereocenters. The number of carbonyl (C=O) groups excluding carboxylic acids is 1. The molecular formula is C19H20F3NO3. The van der Waals surface area contributed by atoms with Gasteiger partial charge in [0.05, 0.1) is 13.0 Å². The van der Waals surface area contributed by atoms with Gasteiger partial charge in [0.1, 0.15) is 11.3 Å². The Kier molecular flexibility index (Phi) is 5.09. The Morgan fingerprint density at radius 2 is 2.08 bits per heavy atom. The van der Waals surface area contributed by atoms with E-state index in [2.05, 4.69) is 0 Å². The lowest BCUT2D eigenvalue weighted by Crippen LogP contribution is -2.41. The number of ether oxygens (including phenoxy) is 1. The van der Waals surface area contributed by atoms with Crippen molar-refractivity contribution in [2.75, 3.05) is 20.2 Å². The number of alkyl halides is 3. The molecule has 0 bridgehead atoms. The fraction of sp³-hybridized carbons (Fsp3) is 0.421. The first kappa shape index (κ1) is 18.5. The Hall–Kier alpha value is -2.28. The van der Waals surface area contributed by atoms with Crippen molar-refractivity contribution >= 4 is 16.7 Å². The number of esters is 1. The van der Waals surface area contributed by atoms with Gasteiger partial charge in [-0.2, -0.15) is 13.2 Å². The van der Waals surface area contributed by atoms with Gasteiger partial charge in [-0.15, -0.1) is 0 Å². The molecule has 2 aromatic rings. The highest BCUT2D eigenvalue weighted by atomic mass is 19.4. The van der Waals surface area contributed by atoms with E-state index in [-0.39, 0.29) is 30.8 Å². The van der Waals surface area contributed by atoms with Crippen molar-refractivity contribution in [1.29, 1.82) is 0 Å². The highest BCUT2D eigenvalue weighted by molar-refractivity contribution is 6.00. The van der Waals surface area contributed by atoms with E-state index < -0.39 is 18.1 Å². The minimum atomic E-state index is -4.23. The van der Waals surface area contributed by atoms with Gasteiger partial charge in [0, 0.05) is 18.7 Å². The number of hydrogen-bond donors (Lipinski definition) is 1. The van der Waals surface area contributed by atoms with Crippen molar-refractivity contribution in [1.82, 2.24) is 4.90 Å². The van der Waals surface area contributed by atoms with Crippen LogP contribution in [0.25, 0.3) is 10.8 Å². The van der Waals surface area contributed by atoms with Gasteiger partial charge in [0.15, 0.2) is 0 Å². The molecule has 7 heteroatoms. The molecule has 0 unspecified atom stereocenters. The van der Waals surface area contributed by atoms with E-state index in [4.69, 9.17) is 4.74 Å². The van der Waals surface area contributed by atoms with E-state index in [0.717, 1.165) is 5.39 Å². The Morgan fingerprint density at radius 3 is 2.77 bits per heavy atom. The monoisotopic (exact) mass is 367 g/mol. The minimum Gasteiger partial charge on any atom is -0.507 e. The summed E-state index contributed by atoms with van der Waals surface area (Å²) in [7, 11) is 1.22. The molecule has 1 N–H and O–H groups in total. The third-order valence-electron chi connectivity index (χ3n) is 4.88. The number of aromatic hydroxyl groups is 1. The third-order valence-corrected chi connectivity index (χ3v) is 4.88. The molecule has 1 aliphatic heterocycles. The summed E-state index contributed by atoms with van der Waals surface area (Å²) in [5, 5.41) is 12.0. The molecule has 0 spiro atoms. The van der Waals surface area contributed by atoms with Crippen LogP contribution in [-0.2, 0) is 11.3 Å². The maximum Gasteiger partial charge on any atom is 0.393 e. The first-order valence-electron chi connectivity index (χ1n) is 8.42. The lowest BCUT2D eigenvalue weighted by atomic mass is 9.95. The molecule has 0 aromatic heterocycles. The zero-order valence-electron chi connectivity index (χ0n) is 14.3. The van der Waals surface area contributed by atoms with Gasteiger partial charge in [-0.1, -0.05) is 24.3 Å². The number of likely N-dealkylation sites (tertiary alicyclic amines) is 1. The van der Waals surface area contributed by atoms with Crippen LogP contribution >= 0.6 is 0 Å². The summed E-state index contributed by atoms with van der Waals surface area (Å²) >= 11 is 0. The van der Waals surface area contributed by atoms with E-state index in [1.807, 2.05) is 0 Å². The highest BCUT2D eigenvalue weighted by Crippen LogP contribution is 2.36. The second kappa shape index (κ2) is 7.15. The summed E-state index contributed by atoms with van der Waals surface area (Å²) < 4.78 is 43.9. The molecule has 140 valence electrons. The van der Waals surface area contributed by atoms with Crippen LogP contribution in [0.15, 0.2) is 30.3 Å². The number of halogens is 3. The van der Waals surface area contributed by atoms with Crippen LogP contribution in [0.3, 0.4) is 0 Å². The Morgan fingerprint density at radius 1 is 1.35 bits per heavy atom. The zero-order chi connectivity index (χ0) is 18.9. The molecule has 1 fully saturated rings. The number of methoxy groups -OCH3 is 1. The number of nitrogens with zero attached hydrogens (tertiary/aromatic N) is 1. The van der Waals surface area contributed by atoms with Crippen molar-refractivity contribution in [3.8, 4) is 5.75 Å². The van der Waals surface area contributed by atoms with Crippen molar-refractivity contribution < 1.29 is 27.8 Å². The summed E-state index contributed by atoms with van der Waals surface area (Å²) in [6.07, 6.45) is -3.66. The van der Waals surface area contributed by atoms with Crippen molar-refractivity contribution in [3.63, 3.8) is 0 Å². The van der Waals surface area contributed by atoms with Gasteiger partial charge in [-0.3, -0.25) is 4.90 Å². The van der Waals surface area contributed by atoms with Gasteiger partial charge >= 0.3 is 12.1 Å². The van der Waals surface area contributed by atoms with Crippen LogP contribution in [-0.4, -0.2) is 42.4 Å². The summed E-state index contributed by atoms with van der Waals surface area (Å²) in [6.45, 7) is 0.548. The fourth-order valence-corrected chi connectivity index (χ4v) is 3.53. The molecule has 4 nitrogen and oxygen atoms in total. The van der Waals surface area contributed by atoms with E-state index in [1.165, 1.54) is 13.2 Å². The van der Waals surface area contributed by atoms with E-state index in [9.17, 15) is 23.1 Å². The number of piperidine rings is 1. The Labute approximate surface area is 149 Å². The second-order valence-corrected chi connectivity index (χ2v) is 6.58. The third kappa shape index (κ3) is 3.62. The average molecular weight is 367 g/mol. The SMILES string of the molecule is COC(=O)c1cc2ccccc2c(CN2CCC[C@@H](C(F)(F)F)C2)c1O. The van der Waals surface area contributed by atoms with Crippen LogP contribution in [0.2, 0.25) is 0 Å². The number of benzene rings is 2. The van der Waals surface area contributed by atoms with Gasteiger partial charge in [0.25, 0.3) is 0 Å². The largest absolute Gasteiger partial charge is 0.507 e. The summed E-state index contributed by atoms with van der Waals surface area (Å²) in [6, 6.07) is 8.70. The molecule has 1 aliphatic rings. The number of fused-ring (bicyclic) bond motifs is 1. The molecule has 1 heterocycles. The quantitative estimate of drug-likeness (QED) is 0.830. The molecule has 1 saturated heterocycles. The number of hydrogen-bond acceptors (Lipinski definition) is 4. The molecule has 0 aliphatic carbocycles. The molecule has 2 aromatic carbocycles. The van der Waals surface area contributed by atoms with Gasteiger partial charge in [-0.25, -0.2) is 4.79 Å². The van der Waals surface area contributed by atoms with E-state index in [1.54, 1.807) is 29.2 Å². The molecule has 3 rings (SSSR count). The Bertz CT molecular complexity index is 820. The second-order valence-electron chi connectivity index (χ2n) is 6.58. The molecule has 0 radical (unpaired) electrons. The van der Waals surface area contributed by atoms with Crippen LogP contribution in [0.5, 0.6) is 5.75 Å². The lowest BCUT2D eigenvalue weighted by Gasteiger charge is -2.34. The summed E-state index contributed by atoms with van der Waals surface area (Å²) in [5.41, 5.74) is 0.469. The van der Waals surface area contributed by atoms with Gasteiger partial charge in [0.2, 0.25) is 0 Å². The zero-order valence-corrected chi connectivity index (χ0v) is 14.3. The number of phenols is 1. The fourth-order valence-electron chi connectivity index (χ4n) is 3.53. The molecular weight excluding hydrogens is 347 g/mol. The number of phenolic OH excluding ortho intramolecular Hbond substituents is 1. The van der Waals surface area contributed by atoms with Crippen molar-refractivity contribution in [2.45, 2.75) is 25.6 Å². The van der Waals surface area contributed by atoms with Gasteiger partial charge in [-0.05, 0) is 36.2 Å². The van der Waals surface area contributed by atoms with Crippen LogP contribution in [0.1, 0.15) is 28.8 Å². The topological polar surface area (TPSA) is 49.8 Å².